The van der Waals surface area contributed by atoms with Crippen LogP contribution in [0.1, 0.15) is 23.1 Å². The van der Waals surface area contributed by atoms with E-state index in [2.05, 4.69) is 39.8 Å². The number of fused-ring (bicyclic) bond motifs is 1. The number of nitrogens with zero attached hydrogens (tertiary/aromatic N) is 2. The van der Waals surface area contributed by atoms with Crippen molar-refractivity contribution in [2.75, 3.05) is 37.4 Å². The fourth-order valence-corrected chi connectivity index (χ4v) is 4.52. The number of anilines is 2. The Kier molecular flexibility index (Phi) is 7.80. The molecule has 0 saturated carbocycles. The van der Waals surface area contributed by atoms with E-state index in [1.807, 2.05) is 55.4 Å². The number of rotatable bonds is 8. The number of amides is 2. The number of hydrogen-bond acceptors (Lipinski definition) is 3. The molecule has 2 N–H and O–H groups in total. The van der Waals surface area contributed by atoms with Gasteiger partial charge in [-0.05, 0) is 66.3 Å². The largest absolute Gasteiger partial charge is 0.378 e. The standard InChI is InChI=1S/C28H33FN4O/c1-32(2)26-10-5-9-25(19-26)31-28(34)30-15-6-16-33-20-23-8-4-3-7-22(23)18-27(33)17-21-11-13-24(29)14-12-21/h3-5,7-14,19,27H,6,15-18,20H2,1-2H3,(H2,30,31,34). The van der Waals surface area contributed by atoms with Gasteiger partial charge >= 0.3 is 6.03 Å². The van der Waals surface area contributed by atoms with E-state index in [4.69, 9.17) is 0 Å². The quantitative estimate of drug-likeness (QED) is 0.461. The summed E-state index contributed by atoms with van der Waals surface area (Å²) in [5.41, 5.74) is 5.71. The van der Waals surface area contributed by atoms with E-state index >= 15 is 0 Å². The highest BCUT2D eigenvalue weighted by Crippen LogP contribution is 2.26. The second kappa shape index (κ2) is 11.2. The van der Waals surface area contributed by atoms with Crippen LogP contribution in [0.25, 0.3) is 0 Å². The van der Waals surface area contributed by atoms with Crippen molar-refractivity contribution in [2.45, 2.75) is 31.8 Å². The average Bonchev–Trinajstić information content (AvgIpc) is 2.83. The molecule has 0 spiro atoms. The third-order valence-corrected chi connectivity index (χ3v) is 6.38. The Balaban J connectivity index is 1.31. The molecule has 34 heavy (non-hydrogen) atoms. The van der Waals surface area contributed by atoms with E-state index in [1.165, 1.54) is 23.3 Å². The van der Waals surface area contributed by atoms with Crippen molar-refractivity contribution in [1.82, 2.24) is 10.2 Å². The van der Waals surface area contributed by atoms with Crippen LogP contribution in [0.2, 0.25) is 0 Å². The lowest BCUT2D eigenvalue weighted by atomic mass is 9.90. The first-order valence-corrected chi connectivity index (χ1v) is 11.9. The van der Waals surface area contributed by atoms with Crippen LogP contribution in [-0.4, -0.2) is 44.2 Å². The highest BCUT2D eigenvalue weighted by atomic mass is 19.1. The molecule has 4 rings (SSSR count). The fourth-order valence-electron chi connectivity index (χ4n) is 4.52. The maximum absolute atomic E-state index is 13.4. The van der Waals surface area contributed by atoms with Crippen molar-refractivity contribution < 1.29 is 9.18 Å². The van der Waals surface area contributed by atoms with Gasteiger partial charge in [-0.1, -0.05) is 42.5 Å². The maximum Gasteiger partial charge on any atom is 0.319 e. The zero-order valence-corrected chi connectivity index (χ0v) is 19.9. The third-order valence-electron chi connectivity index (χ3n) is 6.38. The van der Waals surface area contributed by atoms with E-state index in [9.17, 15) is 9.18 Å². The van der Waals surface area contributed by atoms with E-state index in [0.717, 1.165) is 49.3 Å². The van der Waals surface area contributed by atoms with E-state index in [1.54, 1.807) is 0 Å². The van der Waals surface area contributed by atoms with E-state index in [-0.39, 0.29) is 11.8 Å². The Bertz CT molecular complexity index is 1100. The lowest BCUT2D eigenvalue weighted by Gasteiger charge is -2.37. The first-order chi connectivity index (χ1) is 16.5. The van der Waals surface area contributed by atoms with Gasteiger partial charge in [0.05, 0.1) is 0 Å². The van der Waals surface area contributed by atoms with Crippen LogP contribution in [0.15, 0.2) is 72.8 Å². The molecular formula is C28H33FN4O. The van der Waals surface area contributed by atoms with Crippen LogP contribution in [0, 0.1) is 5.82 Å². The summed E-state index contributed by atoms with van der Waals surface area (Å²) in [5.74, 6) is -0.201. The summed E-state index contributed by atoms with van der Waals surface area (Å²) < 4.78 is 13.4. The Morgan fingerprint density at radius 3 is 2.56 bits per heavy atom. The van der Waals surface area contributed by atoms with Crippen molar-refractivity contribution in [3.63, 3.8) is 0 Å². The molecule has 1 heterocycles. The Morgan fingerprint density at radius 1 is 1.03 bits per heavy atom. The molecule has 3 aromatic carbocycles. The molecule has 6 heteroatoms. The average molecular weight is 461 g/mol. The summed E-state index contributed by atoms with van der Waals surface area (Å²) >= 11 is 0. The van der Waals surface area contributed by atoms with Gasteiger partial charge in [-0.3, -0.25) is 4.90 Å². The molecule has 178 valence electrons. The van der Waals surface area contributed by atoms with Crippen molar-refractivity contribution in [2.24, 2.45) is 0 Å². The molecule has 0 bridgehead atoms. The molecule has 0 radical (unpaired) electrons. The minimum Gasteiger partial charge on any atom is -0.378 e. The molecule has 0 saturated heterocycles. The summed E-state index contributed by atoms with van der Waals surface area (Å²) in [6.45, 7) is 2.38. The number of halogens is 1. The predicted molar refractivity (Wildman–Crippen MR) is 137 cm³/mol. The van der Waals surface area contributed by atoms with Crippen molar-refractivity contribution >= 4 is 17.4 Å². The number of urea groups is 1. The lowest BCUT2D eigenvalue weighted by molar-refractivity contribution is 0.168. The van der Waals surface area contributed by atoms with E-state index in [0.29, 0.717) is 12.6 Å². The predicted octanol–water partition coefficient (Wildman–Crippen LogP) is 5.07. The van der Waals surface area contributed by atoms with Crippen molar-refractivity contribution in [3.05, 3.63) is 95.3 Å². The third kappa shape index (κ3) is 6.35. The SMILES string of the molecule is CN(C)c1cccc(NC(=O)NCCCN2Cc3ccccc3CC2Cc2ccc(F)cc2)c1. The zero-order chi connectivity index (χ0) is 23.9. The number of hydrogen-bond donors (Lipinski definition) is 2. The van der Waals surface area contributed by atoms with Crippen LogP contribution >= 0.6 is 0 Å². The van der Waals surface area contributed by atoms with Crippen LogP contribution in [0.4, 0.5) is 20.6 Å². The Labute approximate surface area is 201 Å². The van der Waals surface area contributed by atoms with Gasteiger partial charge in [0, 0.05) is 51.1 Å². The molecule has 1 unspecified atom stereocenters. The van der Waals surface area contributed by atoms with Gasteiger partial charge in [0.15, 0.2) is 0 Å². The van der Waals surface area contributed by atoms with Crippen LogP contribution in [-0.2, 0) is 19.4 Å². The molecule has 1 aliphatic rings. The summed E-state index contributed by atoms with van der Waals surface area (Å²) in [4.78, 5) is 16.9. The molecule has 5 nitrogen and oxygen atoms in total. The number of carbonyl (C=O) groups excluding carboxylic acids is 1. The Hall–Kier alpha value is -3.38. The molecular weight excluding hydrogens is 427 g/mol. The summed E-state index contributed by atoms with van der Waals surface area (Å²) in [7, 11) is 3.95. The number of carbonyl (C=O) groups is 1. The zero-order valence-electron chi connectivity index (χ0n) is 19.9. The van der Waals surface area contributed by atoms with Gasteiger partial charge in [0.25, 0.3) is 0 Å². The second-order valence-corrected chi connectivity index (χ2v) is 9.11. The van der Waals surface area contributed by atoms with E-state index < -0.39 is 0 Å². The van der Waals surface area contributed by atoms with Crippen LogP contribution in [0.3, 0.4) is 0 Å². The molecule has 2 amide bonds. The lowest BCUT2D eigenvalue weighted by Crippen LogP contribution is -2.43. The van der Waals surface area contributed by atoms with Gasteiger partial charge in [-0.15, -0.1) is 0 Å². The molecule has 0 aliphatic carbocycles. The van der Waals surface area contributed by atoms with Gasteiger partial charge in [0.1, 0.15) is 5.82 Å². The van der Waals surface area contributed by atoms with Gasteiger partial charge in [0.2, 0.25) is 0 Å². The molecule has 0 aromatic heterocycles. The molecule has 0 fully saturated rings. The molecule has 1 aliphatic heterocycles. The minimum absolute atomic E-state index is 0.192. The summed E-state index contributed by atoms with van der Waals surface area (Å²) in [6.07, 6.45) is 2.71. The normalized spacial score (nSPS) is 15.4. The van der Waals surface area contributed by atoms with Gasteiger partial charge in [-0.25, -0.2) is 9.18 Å². The number of benzene rings is 3. The van der Waals surface area contributed by atoms with Crippen LogP contribution in [0.5, 0.6) is 0 Å². The van der Waals surface area contributed by atoms with Gasteiger partial charge < -0.3 is 15.5 Å². The van der Waals surface area contributed by atoms with Crippen LogP contribution < -0.4 is 15.5 Å². The summed E-state index contributed by atoms with van der Waals surface area (Å²) in [6, 6.07) is 23.4. The first-order valence-electron chi connectivity index (χ1n) is 11.9. The number of nitrogens with one attached hydrogen (secondary N) is 2. The van der Waals surface area contributed by atoms with Gasteiger partial charge in [-0.2, -0.15) is 0 Å². The summed E-state index contributed by atoms with van der Waals surface area (Å²) in [5, 5.41) is 5.89. The maximum atomic E-state index is 13.4. The Morgan fingerprint density at radius 2 is 1.79 bits per heavy atom. The van der Waals surface area contributed by atoms with Crippen molar-refractivity contribution in [3.8, 4) is 0 Å². The monoisotopic (exact) mass is 460 g/mol. The highest BCUT2D eigenvalue weighted by Gasteiger charge is 2.25. The second-order valence-electron chi connectivity index (χ2n) is 9.11. The molecule has 3 aromatic rings. The fraction of sp³-hybridized carbons (Fsp3) is 0.321. The topological polar surface area (TPSA) is 47.6 Å². The first kappa shape index (κ1) is 23.8. The molecule has 1 atom stereocenters. The smallest absolute Gasteiger partial charge is 0.319 e. The highest BCUT2D eigenvalue weighted by molar-refractivity contribution is 5.89. The van der Waals surface area contributed by atoms with Crippen molar-refractivity contribution in [1.29, 1.82) is 0 Å². The minimum atomic E-state index is -0.201.